The number of hydrogen-bond acceptors (Lipinski definition) is 5. The fourth-order valence-corrected chi connectivity index (χ4v) is 4.71. The minimum atomic E-state index is -4.62. The minimum absolute atomic E-state index is 0.0361. The Morgan fingerprint density at radius 1 is 0.857 bits per heavy atom. The minimum Gasteiger partial charge on any atom is -0.444 e. The maximum Gasteiger partial charge on any atom is 0.417 e. The lowest BCUT2D eigenvalue weighted by Gasteiger charge is -2.28. The molecule has 0 bridgehead atoms. The third-order valence-electron chi connectivity index (χ3n) is 6.83. The molecule has 230 valence electrons. The van der Waals surface area contributed by atoms with Crippen molar-refractivity contribution in [1.29, 1.82) is 0 Å². The normalized spacial score (nSPS) is 12.0. The first kappa shape index (κ1) is 33.1. The Balaban J connectivity index is 1.73. The highest BCUT2D eigenvalue weighted by Gasteiger charge is 2.35. The lowest BCUT2D eigenvalue weighted by atomic mass is 10.0. The number of unbranched alkanes of at least 4 members (excludes halogenated alkanes) is 8. The van der Waals surface area contributed by atoms with E-state index in [-0.39, 0.29) is 24.5 Å². The zero-order valence-electron chi connectivity index (χ0n) is 25.3. The third kappa shape index (κ3) is 11.1. The molecule has 0 saturated carbocycles. The van der Waals surface area contributed by atoms with Crippen LogP contribution in [0.4, 0.5) is 18.0 Å². The van der Waals surface area contributed by atoms with Crippen LogP contribution in [0.15, 0.2) is 53.1 Å². The van der Waals surface area contributed by atoms with Crippen LogP contribution in [0, 0.1) is 0 Å². The molecule has 0 radical (unpaired) electrons. The third-order valence-corrected chi connectivity index (χ3v) is 6.83. The van der Waals surface area contributed by atoms with E-state index in [4.69, 9.17) is 9.26 Å². The molecular formula is C33H44F3N3O3. The number of hydrogen-bond donors (Lipinski definition) is 0. The van der Waals surface area contributed by atoms with Gasteiger partial charge in [0.2, 0.25) is 0 Å². The van der Waals surface area contributed by atoms with Crippen LogP contribution in [-0.4, -0.2) is 26.7 Å². The van der Waals surface area contributed by atoms with Gasteiger partial charge < -0.3 is 9.26 Å². The van der Waals surface area contributed by atoms with Gasteiger partial charge in [0.25, 0.3) is 5.89 Å². The highest BCUT2D eigenvalue weighted by Crippen LogP contribution is 2.37. The van der Waals surface area contributed by atoms with Gasteiger partial charge in [-0.2, -0.15) is 18.2 Å². The second-order valence-electron chi connectivity index (χ2n) is 11.8. The number of carbonyl (C=O) groups excluding carboxylic acids is 1. The zero-order chi connectivity index (χ0) is 30.6. The summed E-state index contributed by atoms with van der Waals surface area (Å²) in [5, 5.41) is 3.96. The second kappa shape index (κ2) is 15.8. The number of nitrogens with zero attached hydrogens (tertiary/aromatic N) is 3. The quantitative estimate of drug-likeness (QED) is 0.166. The molecule has 6 nitrogen and oxygen atoms in total. The lowest BCUT2D eigenvalue weighted by Crippen LogP contribution is -2.36. The van der Waals surface area contributed by atoms with Gasteiger partial charge in [-0.05, 0) is 50.5 Å². The van der Waals surface area contributed by atoms with Crippen LogP contribution in [0.3, 0.4) is 0 Å². The fourth-order valence-electron chi connectivity index (χ4n) is 4.71. The molecule has 0 aliphatic heterocycles. The number of rotatable bonds is 15. The van der Waals surface area contributed by atoms with Crippen molar-refractivity contribution in [3.63, 3.8) is 0 Å². The Hall–Kier alpha value is -3.36. The van der Waals surface area contributed by atoms with E-state index in [0.717, 1.165) is 30.9 Å². The monoisotopic (exact) mass is 587 g/mol. The summed E-state index contributed by atoms with van der Waals surface area (Å²) in [5.74, 6) is 0.216. The van der Waals surface area contributed by atoms with Crippen molar-refractivity contribution >= 4 is 6.09 Å². The molecule has 0 spiro atoms. The van der Waals surface area contributed by atoms with Crippen molar-refractivity contribution in [2.45, 2.75) is 117 Å². The number of aryl methyl sites for hydroxylation is 1. The van der Waals surface area contributed by atoms with E-state index in [2.05, 4.69) is 17.1 Å². The van der Waals surface area contributed by atoms with Gasteiger partial charge in [0.1, 0.15) is 5.60 Å². The first-order valence-electron chi connectivity index (χ1n) is 15.0. The number of halogens is 3. The first-order chi connectivity index (χ1) is 20.0. The van der Waals surface area contributed by atoms with E-state index in [1.165, 1.54) is 55.6 Å². The van der Waals surface area contributed by atoms with Gasteiger partial charge in [0, 0.05) is 19.5 Å². The molecule has 1 amide bonds. The molecule has 1 aromatic heterocycles. The van der Waals surface area contributed by atoms with Crippen LogP contribution in [0.2, 0.25) is 0 Å². The van der Waals surface area contributed by atoms with Gasteiger partial charge in [0.05, 0.1) is 11.1 Å². The van der Waals surface area contributed by atoms with Gasteiger partial charge in [-0.25, -0.2) is 4.79 Å². The number of amides is 1. The SMILES string of the molecule is CCCCCCCCCCCc1noc(-c2cc(CN(Cc3ccccc3)C(=O)OC(C)(C)C)ccc2C(F)(F)F)n1. The van der Waals surface area contributed by atoms with Crippen LogP contribution in [0.1, 0.15) is 108 Å². The molecule has 0 fully saturated rings. The van der Waals surface area contributed by atoms with Crippen LogP contribution in [0.25, 0.3) is 11.5 Å². The van der Waals surface area contributed by atoms with E-state index in [1.807, 2.05) is 30.3 Å². The number of alkyl halides is 3. The molecule has 3 aromatic rings. The van der Waals surface area contributed by atoms with Gasteiger partial charge in [-0.3, -0.25) is 4.90 Å². The van der Waals surface area contributed by atoms with E-state index >= 15 is 0 Å². The maximum atomic E-state index is 14.0. The molecule has 0 aliphatic carbocycles. The number of carbonyl (C=O) groups is 1. The summed E-state index contributed by atoms with van der Waals surface area (Å²) in [6, 6.07) is 13.1. The molecule has 42 heavy (non-hydrogen) atoms. The Labute approximate surface area is 247 Å². The number of ether oxygens (including phenoxy) is 1. The topological polar surface area (TPSA) is 68.5 Å². The van der Waals surface area contributed by atoms with Gasteiger partial charge in [-0.15, -0.1) is 0 Å². The van der Waals surface area contributed by atoms with E-state index in [0.29, 0.717) is 17.8 Å². The summed E-state index contributed by atoms with van der Waals surface area (Å²) in [7, 11) is 0. The molecule has 0 saturated heterocycles. The molecule has 2 aromatic carbocycles. The summed E-state index contributed by atoms with van der Waals surface area (Å²) >= 11 is 0. The predicted molar refractivity (Wildman–Crippen MR) is 158 cm³/mol. The summed E-state index contributed by atoms with van der Waals surface area (Å²) in [6.45, 7) is 7.78. The first-order valence-corrected chi connectivity index (χ1v) is 15.0. The van der Waals surface area contributed by atoms with Crippen molar-refractivity contribution < 1.29 is 27.2 Å². The highest BCUT2D eigenvalue weighted by atomic mass is 19.4. The molecule has 1 heterocycles. The summed E-state index contributed by atoms with van der Waals surface area (Å²) in [5.41, 5.74) is -0.440. The summed E-state index contributed by atoms with van der Waals surface area (Å²) < 4.78 is 52.9. The van der Waals surface area contributed by atoms with Crippen molar-refractivity contribution in [2.75, 3.05) is 0 Å². The van der Waals surface area contributed by atoms with Gasteiger partial charge >= 0.3 is 12.3 Å². The van der Waals surface area contributed by atoms with Crippen molar-refractivity contribution in [1.82, 2.24) is 15.0 Å². The van der Waals surface area contributed by atoms with Crippen molar-refractivity contribution in [3.05, 3.63) is 71.0 Å². The molecule has 0 N–H and O–H groups in total. The molecule has 0 atom stereocenters. The van der Waals surface area contributed by atoms with Crippen LogP contribution < -0.4 is 0 Å². The van der Waals surface area contributed by atoms with E-state index < -0.39 is 23.4 Å². The molecule has 0 unspecified atom stereocenters. The average Bonchev–Trinajstić information content (AvgIpc) is 3.40. The van der Waals surface area contributed by atoms with Crippen molar-refractivity contribution in [3.8, 4) is 11.5 Å². The van der Waals surface area contributed by atoms with E-state index in [9.17, 15) is 18.0 Å². The van der Waals surface area contributed by atoms with Gasteiger partial charge in [0.15, 0.2) is 5.82 Å². The number of benzene rings is 2. The largest absolute Gasteiger partial charge is 0.444 e. The lowest BCUT2D eigenvalue weighted by molar-refractivity contribution is -0.137. The number of aromatic nitrogens is 2. The Morgan fingerprint density at radius 2 is 1.48 bits per heavy atom. The van der Waals surface area contributed by atoms with E-state index in [1.54, 1.807) is 20.8 Å². The molecule has 3 rings (SSSR count). The Morgan fingerprint density at radius 3 is 2.10 bits per heavy atom. The smallest absolute Gasteiger partial charge is 0.417 e. The maximum absolute atomic E-state index is 14.0. The van der Waals surface area contributed by atoms with Crippen molar-refractivity contribution in [2.24, 2.45) is 0 Å². The fraction of sp³-hybridized carbons (Fsp3) is 0.545. The zero-order valence-corrected chi connectivity index (χ0v) is 25.3. The van der Waals surface area contributed by atoms with Gasteiger partial charge in [-0.1, -0.05) is 99.8 Å². The highest BCUT2D eigenvalue weighted by molar-refractivity contribution is 5.68. The average molecular weight is 588 g/mol. The Bertz CT molecular complexity index is 1240. The molecule has 9 heteroatoms. The van der Waals surface area contributed by atoms with Crippen LogP contribution >= 0.6 is 0 Å². The van der Waals surface area contributed by atoms with Crippen LogP contribution in [-0.2, 0) is 30.4 Å². The molecular weight excluding hydrogens is 543 g/mol. The predicted octanol–water partition coefficient (Wildman–Crippen LogP) is 9.77. The summed E-state index contributed by atoms with van der Waals surface area (Å²) in [6.07, 6.45) is 5.86. The molecule has 0 aliphatic rings. The Kier molecular flexibility index (Phi) is 12.4. The van der Waals surface area contributed by atoms with Crippen LogP contribution in [0.5, 0.6) is 0 Å². The second-order valence-corrected chi connectivity index (χ2v) is 11.8. The summed E-state index contributed by atoms with van der Waals surface area (Å²) in [4.78, 5) is 18.8. The standard InChI is InChI=1S/C33H44F3N3O3/c1-5-6-7-8-9-10-11-12-16-19-29-37-30(42-38-29)27-22-26(20-21-28(27)33(34,35)36)24-39(31(40)41-32(2,3)4)23-25-17-14-13-15-18-25/h13-15,17-18,20-22H,5-12,16,19,23-24H2,1-4H3.